The predicted molar refractivity (Wildman–Crippen MR) is 88.8 cm³/mol. The van der Waals surface area contributed by atoms with Gasteiger partial charge in [-0.3, -0.25) is 4.79 Å². The number of hydrogen-bond donors (Lipinski definition) is 1. The Hall–Kier alpha value is -2.49. The van der Waals surface area contributed by atoms with Gasteiger partial charge < -0.3 is 15.0 Å². The number of hydrogen-bond acceptors (Lipinski definition) is 3. The molecule has 1 aliphatic rings. The summed E-state index contributed by atoms with van der Waals surface area (Å²) in [7, 11) is 1.61. The summed E-state index contributed by atoms with van der Waals surface area (Å²) in [5, 5.41) is 2.91. The van der Waals surface area contributed by atoms with Crippen LogP contribution in [-0.2, 0) is 0 Å². The molecule has 1 amide bonds. The number of carbonyl (C=O) groups excluding carboxylic acids is 1. The van der Waals surface area contributed by atoms with Crippen molar-refractivity contribution in [2.24, 2.45) is 0 Å². The van der Waals surface area contributed by atoms with Gasteiger partial charge >= 0.3 is 0 Å². The Labute approximate surface area is 130 Å². The summed E-state index contributed by atoms with van der Waals surface area (Å²) in [5.41, 5.74) is 2.53. The SMILES string of the molecule is COc1cccc(NC(=O)c2cccc(N3CCCC3)c2)c1. The molecule has 4 nitrogen and oxygen atoms in total. The fourth-order valence-electron chi connectivity index (χ4n) is 2.72. The second-order valence-corrected chi connectivity index (χ2v) is 5.43. The van der Waals surface area contributed by atoms with Crippen molar-refractivity contribution >= 4 is 17.3 Å². The second kappa shape index (κ2) is 6.52. The molecule has 0 unspecified atom stereocenters. The van der Waals surface area contributed by atoms with Crippen molar-refractivity contribution in [3.8, 4) is 5.75 Å². The van der Waals surface area contributed by atoms with Gasteiger partial charge in [-0.15, -0.1) is 0 Å². The molecular formula is C18H20N2O2. The molecule has 0 atom stereocenters. The van der Waals surface area contributed by atoms with Crippen molar-refractivity contribution in [3.05, 3.63) is 54.1 Å². The summed E-state index contributed by atoms with van der Waals surface area (Å²) in [4.78, 5) is 14.7. The highest BCUT2D eigenvalue weighted by atomic mass is 16.5. The third-order valence-corrected chi connectivity index (χ3v) is 3.91. The van der Waals surface area contributed by atoms with Gasteiger partial charge in [0.2, 0.25) is 0 Å². The maximum Gasteiger partial charge on any atom is 0.255 e. The van der Waals surface area contributed by atoms with Gasteiger partial charge in [0.25, 0.3) is 5.91 Å². The maximum absolute atomic E-state index is 12.4. The van der Waals surface area contributed by atoms with Gasteiger partial charge in [0, 0.05) is 36.1 Å². The van der Waals surface area contributed by atoms with E-state index in [9.17, 15) is 4.79 Å². The standard InChI is InChI=1S/C18H20N2O2/c1-22-17-9-5-7-15(13-17)19-18(21)14-6-4-8-16(12-14)20-10-2-3-11-20/h4-9,12-13H,2-3,10-11H2,1H3,(H,19,21). The molecule has 1 aliphatic heterocycles. The van der Waals surface area contributed by atoms with Crippen molar-refractivity contribution in [2.75, 3.05) is 30.4 Å². The molecule has 1 heterocycles. The molecule has 1 N–H and O–H groups in total. The van der Waals surface area contributed by atoms with E-state index in [1.807, 2.05) is 42.5 Å². The first-order chi connectivity index (χ1) is 10.8. The lowest BCUT2D eigenvalue weighted by atomic mass is 10.1. The molecule has 3 rings (SSSR count). The third kappa shape index (κ3) is 3.22. The highest BCUT2D eigenvalue weighted by Gasteiger charge is 2.14. The van der Waals surface area contributed by atoms with E-state index < -0.39 is 0 Å². The van der Waals surface area contributed by atoms with E-state index in [4.69, 9.17) is 4.74 Å². The van der Waals surface area contributed by atoms with Crippen molar-refractivity contribution in [1.29, 1.82) is 0 Å². The molecular weight excluding hydrogens is 276 g/mol. The quantitative estimate of drug-likeness (QED) is 0.938. The lowest BCUT2D eigenvalue weighted by Crippen LogP contribution is -2.18. The summed E-state index contributed by atoms with van der Waals surface area (Å²) in [6, 6.07) is 15.2. The van der Waals surface area contributed by atoms with Gasteiger partial charge in [-0.05, 0) is 43.2 Å². The van der Waals surface area contributed by atoms with Gasteiger partial charge in [0.1, 0.15) is 5.75 Å². The highest BCUT2D eigenvalue weighted by molar-refractivity contribution is 6.04. The minimum Gasteiger partial charge on any atom is -0.497 e. The number of nitrogens with one attached hydrogen (secondary N) is 1. The number of anilines is 2. The topological polar surface area (TPSA) is 41.6 Å². The summed E-state index contributed by atoms with van der Waals surface area (Å²) < 4.78 is 5.17. The van der Waals surface area contributed by atoms with Crippen LogP contribution in [0.15, 0.2) is 48.5 Å². The molecule has 0 bridgehead atoms. The first kappa shape index (κ1) is 14.4. The zero-order chi connectivity index (χ0) is 15.4. The van der Waals surface area contributed by atoms with E-state index in [1.54, 1.807) is 7.11 Å². The Balaban J connectivity index is 1.75. The van der Waals surface area contributed by atoms with E-state index >= 15 is 0 Å². The fraction of sp³-hybridized carbons (Fsp3) is 0.278. The molecule has 1 saturated heterocycles. The van der Waals surface area contributed by atoms with E-state index in [1.165, 1.54) is 12.8 Å². The molecule has 22 heavy (non-hydrogen) atoms. The number of nitrogens with zero attached hydrogens (tertiary/aromatic N) is 1. The maximum atomic E-state index is 12.4. The lowest BCUT2D eigenvalue weighted by Gasteiger charge is -2.18. The van der Waals surface area contributed by atoms with Crippen molar-refractivity contribution < 1.29 is 9.53 Å². The Bertz CT molecular complexity index is 664. The number of methoxy groups -OCH3 is 1. The Morgan fingerprint density at radius 2 is 1.86 bits per heavy atom. The van der Waals surface area contributed by atoms with Crippen LogP contribution in [-0.4, -0.2) is 26.1 Å². The minimum absolute atomic E-state index is 0.103. The van der Waals surface area contributed by atoms with Crippen LogP contribution in [0.3, 0.4) is 0 Å². The lowest BCUT2D eigenvalue weighted by molar-refractivity contribution is 0.102. The van der Waals surface area contributed by atoms with Crippen LogP contribution in [0.1, 0.15) is 23.2 Å². The normalized spacial score (nSPS) is 14.0. The van der Waals surface area contributed by atoms with Gasteiger partial charge in [-0.25, -0.2) is 0 Å². The number of benzene rings is 2. The molecule has 0 aliphatic carbocycles. The van der Waals surface area contributed by atoms with Crippen molar-refractivity contribution in [3.63, 3.8) is 0 Å². The third-order valence-electron chi connectivity index (χ3n) is 3.91. The van der Waals surface area contributed by atoms with Gasteiger partial charge in [-0.2, -0.15) is 0 Å². The molecule has 2 aromatic carbocycles. The molecule has 114 valence electrons. The predicted octanol–water partition coefficient (Wildman–Crippen LogP) is 3.55. The molecule has 0 radical (unpaired) electrons. The van der Waals surface area contributed by atoms with Gasteiger partial charge in [0.05, 0.1) is 7.11 Å². The van der Waals surface area contributed by atoms with Crippen LogP contribution in [0.5, 0.6) is 5.75 Å². The van der Waals surface area contributed by atoms with Crippen molar-refractivity contribution in [2.45, 2.75) is 12.8 Å². The van der Waals surface area contributed by atoms with E-state index in [-0.39, 0.29) is 5.91 Å². The van der Waals surface area contributed by atoms with Crippen LogP contribution in [0.4, 0.5) is 11.4 Å². The average Bonchev–Trinajstić information content (AvgIpc) is 3.09. The van der Waals surface area contributed by atoms with Gasteiger partial charge in [-0.1, -0.05) is 12.1 Å². The zero-order valence-electron chi connectivity index (χ0n) is 12.7. The number of carbonyl (C=O) groups is 1. The zero-order valence-corrected chi connectivity index (χ0v) is 12.7. The summed E-state index contributed by atoms with van der Waals surface area (Å²) in [6.07, 6.45) is 2.44. The minimum atomic E-state index is -0.103. The highest BCUT2D eigenvalue weighted by Crippen LogP contribution is 2.22. The van der Waals surface area contributed by atoms with E-state index in [2.05, 4.69) is 16.3 Å². The molecule has 2 aromatic rings. The Morgan fingerprint density at radius 1 is 1.09 bits per heavy atom. The van der Waals surface area contributed by atoms with Crippen LogP contribution in [0, 0.1) is 0 Å². The molecule has 0 spiro atoms. The molecule has 1 fully saturated rings. The average molecular weight is 296 g/mol. The Morgan fingerprint density at radius 3 is 2.64 bits per heavy atom. The first-order valence-electron chi connectivity index (χ1n) is 7.57. The van der Waals surface area contributed by atoms with Crippen LogP contribution in [0.2, 0.25) is 0 Å². The number of rotatable bonds is 4. The smallest absolute Gasteiger partial charge is 0.255 e. The Kier molecular flexibility index (Phi) is 4.28. The number of ether oxygens (including phenoxy) is 1. The largest absolute Gasteiger partial charge is 0.497 e. The molecule has 0 saturated carbocycles. The van der Waals surface area contributed by atoms with E-state index in [0.29, 0.717) is 5.56 Å². The van der Waals surface area contributed by atoms with E-state index in [0.717, 1.165) is 30.2 Å². The van der Waals surface area contributed by atoms with Gasteiger partial charge in [0.15, 0.2) is 0 Å². The molecule has 4 heteroatoms. The fourth-order valence-corrected chi connectivity index (χ4v) is 2.72. The van der Waals surface area contributed by atoms with Crippen LogP contribution >= 0.6 is 0 Å². The second-order valence-electron chi connectivity index (χ2n) is 5.43. The summed E-state index contributed by atoms with van der Waals surface area (Å²) in [6.45, 7) is 2.14. The summed E-state index contributed by atoms with van der Waals surface area (Å²) in [5.74, 6) is 0.623. The summed E-state index contributed by atoms with van der Waals surface area (Å²) >= 11 is 0. The first-order valence-corrected chi connectivity index (χ1v) is 7.57. The number of amides is 1. The molecule has 0 aromatic heterocycles. The van der Waals surface area contributed by atoms with Crippen molar-refractivity contribution in [1.82, 2.24) is 0 Å². The monoisotopic (exact) mass is 296 g/mol. The van der Waals surface area contributed by atoms with Crippen LogP contribution < -0.4 is 15.0 Å². The van der Waals surface area contributed by atoms with Crippen LogP contribution in [0.25, 0.3) is 0 Å².